The van der Waals surface area contributed by atoms with Crippen LogP contribution in [0.4, 0.5) is 0 Å². The molecule has 1 aromatic carbocycles. The van der Waals surface area contributed by atoms with Crippen LogP contribution in [-0.2, 0) is 13.2 Å². The fourth-order valence-electron chi connectivity index (χ4n) is 1.67. The van der Waals surface area contributed by atoms with E-state index < -0.39 is 0 Å². The molecule has 0 bridgehead atoms. The van der Waals surface area contributed by atoms with Crippen LogP contribution in [0.2, 0.25) is 5.02 Å². The smallest absolute Gasteiger partial charge is 0.214 e. The first-order chi connectivity index (χ1) is 8.69. The Hall–Kier alpha value is -1.58. The number of hydrogen-bond donors (Lipinski definition) is 1. The lowest BCUT2D eigenvalue weighted by molar-refractivity contribution is 0.293. The summed E-state index contributed by atoms with van der Waals surface area (Å²) in [4.78, 5) is 4.31. The van der Waals surface area contributed by atoms with Gasteiger partial charge < -0.3 is 10.5 Å². The molecular formula is C14H15ClN2O. The largest absolute Gasteiger partial charge is 0.473 e. The molecule has 2 N–H and O–H groups in total. The maximum atomic E-state index is 6.06. The number of pyridine rings is 1. The molecule has 0 fully saturated rings. The van der Waals surface area contributed by atoms with Crippen molar-refractivity contribution in [3.8, 4) is 5.88 Å². The van der Waals surface area contributed by atoms with E-state index in [1.54, 1.807) is 0 Å². The third kappa shape index (κ3) is 3.22. The number of hydrogen-bond acceptors (Lipinski definition) is 3. The van der Waals surface area contributed by atoms with Crippen LogP contribution in [0, 0.1) is 6.92 Å². The van der Waals surface area contributed by atoms with Crippen molar-refractivity contribution in [1.29, 1.82) is 0 Å². The topological polar surface area (TPSA) is 48.1 Å². The lowest BCUT2D eigenvalue weighted by atomic mass is 10.2. The van der Waals surface area contributed by atoms with Crippen LogP contribution in [0.5, 0.6) is 5.88 Å². The summed E-state index contributed by atoms with van der Waals surface area (Å²) in [5.74, 6) is 0.579. The Morgan fingerprint density at radius 1 is 1.28 bits per heavy atom. The molecule has 0 atom stereocenters. The lowest BCUT2D eigenvalue weighted by Gasteiger charge is -2.09. The molecule has 0 saturated carbocycles. The first-order valence-corrected chi connectivity index (χ1v) is 6.10. The van der Waals surface area contributed by atoms with Gasteiger partial charge in [-0.2, -0.15) is 0 Å². The van der Waals surface area contributed by atoms with Crippen LogP contribution in [0.3, 0.4) is 0 Å². The summed E-state index contributed by atoms with van der Waals surface area (Å²) < 4.78 is 5.65. The Morgan fingerprint density at radius 2 is 2.06 bits per heavy atom. The zero-order valence-electron chi connectivity index (χ0n) is 10.2. The Labute approximate surface area is 112 Å². The molecule has 0 aliphatic carbocycles. The molecule has 0 aliphatic rings. The summed E-state index contributed by atoms with van der Waals surface area (Å²) in [6, 6.07) is 11.4. The molecular weight excluding hydrogens is 248 g/mol. The van der Waals surface area contributed by atoms with Gasteiger partial charge in [0.15, 0.2) is 0 Å². The van der Waals surface area contributed by atoms with Gasteiger partial charge in [-0.1, -0.05) is 29.8 Å². The molecule has 18 heavy (non-hydrogen) atoms. The maximum Gasteiger partial charge on any atom is 0.214 e. The molecule has 1 heterocycles. The van der Waals surface area contributed by atoms with Gasteiger partial charge in [-0.05, 0) is 24.6 Å². The molecule has 0 saturated heterocycles. The van der Waals surface area contributed by atoms with Gasteiger partial charge >= 0.3 is 0 Å². The van der Waals surface area contributed by atoms with Gasteiger partial charge in [0.05, 0.1) is 0 Å². The number of aryl methyl sites for hydroxylation is 1. The minimum absolute atomic E-state index is 0.403. The van der Waals surface area contributed by atoms with Crippen molar-refractivity contribution >= 4 is 11.6 Å². The van der Waals surface area contributed by atoms with Crippen LogP contribution in [0.1, 0.15) is 16.8 Å². The number of benzene rings is 1. The van der Waals surface area contributed by atoms with Crippen molar-refractivity contribution in [2.45, 2.75) is 20.1 Å². The number of nitrogens with two attached hydrogens (primary N) is 1. The van der Waals surface area contributed by atoms with Gasteiger partial charge in [0.2, 0.25) is 5.88 Å². The van der Waals surface area contributed by atoms with E-state index in [9.17, 15) is 0 Å². The predicted molar refractivity (Wildman–Crippen MR) is 72.6 cm³/mol. The molecule has 94 valence electrons. The SMILES string of the molecule is Cc1cc(CN)cc(OCc2ccccc2Cl)n1. The van der Waals surface area contributed by atoms with E-state index in [0.29, 0.717) is 24.1 Å². The van der Waals surface area contributed by atoms with Crippen LogP contribution < -0.4 is 10.5 Å². The molecule has 0 amide bonds. The second kappa shape index (κ2) is 5.85. The van der Waals surface area contributed by atoms with E-state index in [1.165, 1.54) is 0 Å². The van der Waals surface area contributed by atoms with Gasteiger partial charge in [0.1, 0.15) is 6.61 Å². The second-order valence-electron chi connectivity index (χ2n) is 4.04. The van der Waals surface area contributed by atoms with Gasteiger partial charge in [0, 0.05) is 28.9 Å². The Bertz CT molecular complexity index is 543. The minimum Gasteiger partial charge on any atom is -0.473 e. The molecule has 1 aromatic heterocycles. The fourth-order valence-corrected chi connectivity index (χ4v) is 1.86. The molecule has 0 aliphatic heterocycles. The van der Waals surface area contributed by atoms with Gasteiger partial charge in [0.25, 0.3) is 0 Å². The van der Waals surface area contributed by atoms with Crippen molar-refractivity contribution < 1.29 is 4.74 Å². The number of aromatic nitrogens is 1. The summed E-state index contributed by atoms with van der Waals surface area (Å²) in [5.41, 5.74) is 8.46. The summed E-state index contributed by atoms with van der Waals surface area (Å²) in [5, 5.41) is 0.698. The maximum absolute atomic E-state index is 6.06. The van der Waals surface area contributed by atoms with E-state index in [-0.39, 0.29) is 0 Å². The Kier molecular flexibility index (Phi) is 4.18. The zero-order chi connectivity index (χ0) is 13.0. The van der Waals surface area contributed by atoms with Crippen molar-refractivity contribution in [2.75, 3.05) is 0 Å². The average molecular weight is 263 g/mol. The molecule has 0 spiro atoms. The van der Waals surface area contributed by atoms with Crippen LogP contribution >= 0.6 is 11.6 Å². The van der Waals surface area contributed by atoms with Crippen molar-refractivity contribution in [1.82, 2.24) is 4.98 Å². The van der Waals surface area contributed by atoms with Crippen LogP contribution in [0.15, 0.2) is 36.4 Å². The van der Waals surface area contributed by atoms with E-state index >= 15 is 0 Å². The zero-order valence-corrected chi connectivity index (χ0v) is 10.9. The summed E-state index contributed by atoms with van der Waals surface area (Å²) >= 11 is 6.06. The van der Waals surface area contributed by atoms with E-state index in [1.807, 2.05) is 43.3 Å². The van der Waals surface area contributed by atoms with Crippen molar-refractivity contribution in [3.05, 3.63) is 58.2 Å². The van der Waals surface area contributed by atoms with Crippen LogP contribution in [-0.4, -0.2) is 4.98 Å². The number of ether oxygens (including phenoxy) is 1. The third-order valence-corrected chi connectivity index (χ3v) is 2.93. The normalized spacial score (nSPS) is 10.4. The molecule has 2 rings (SSSR count). The van der Waals surface area contributed by atoms with Crippen molar-refractivity contribution in [2.24, 2.45) is 5.73 Å². The van der Waals surface area contributed by atoms with Gasteiger partial charge in [-0.25, -0.2) is 4.98 Å². The fraction of sp³-hybridized carbons (Fsp3) is 0.214. The van der Waals surface area contributed by atoms with Crippen molar-refractivity contribution in [3.63, 3.8) is 0 Å². The first kappa shape index (κ1) is 12.9. The quantitative estimate of drug-likeness (QED) is 0.921. The first-order valence-electron chi connectivity index (χ1n) is 5.73. The number of nitrogens with zero attached hydrogens (tertiary/aromatic N) is 1. The molecule has 4 heteroatoms. The molecule has 3 nitrogen and oxygen atoms in total. The molecule has 2 aromatic rings. The average Bonchev–Trinajstić information content (AvgIpc) is 2.37. The lowest BCUT2D eigenvalue weighted by Crippen LogP contribution is -2.02. The Morgan fingerprint density at radius 3 is 2.78 bits per heavy atom. The number of rotatable bonds is 4. The predicted octanol–water partition coefficient (Wildman–Crippen LogP) is 3.08. The standard InChI is InChI=1S/C14H15ClN2O/c1-10-6-11(8-16)7-14(17-10)18-9-12-4-2-3-5-13(12)15/h2-7H,8-9,16H2,1H3. The van der Waals surface area contributed by atoms with E-state index in [4.69, 9.17) is 22.1 Å². The van der Waals surface area contributed by atoms with E-state index in [0.717, 1.165) is 16.8 Å². The molecule has 0 radical (unpaired) electrons. The monoisotopic (exact) mass is 262 g/mol. The highest BCUT2D eigenvalue weighted by atomic mass is 35.5. The highest BCUT2D eigenvalue weighted by Gasteiger charge is 2.03. The Balaban J connectivity index is 2.11. The minimum atomic E-state index is 0.403. The molecule has 0 unspecified atom stereocenters. The highest BCUT2D eigenvalue weighted by molar-refractivity contribution is 6.31. The van der Waals surface area contributed by atoms with Gasteiger partial charge in [-0.3, -0.25) is 0 Å². The summed E-state index contributed by atoms with van der Waals surface area (Å²) in [7, 11) is 0. The highest BCUT2D eigenvalue weighted by Crippen LogP contribution is 2.18. The number of halogens is 1. The second-order valence-corrected chi connectivity index (χ2v) is 4.45. The van der Waals surface area contributed by atoms with Crippen LogP contribution in [0.25, 0.3) is 0 Å². The van der Waals surface area contributed by atoms with E-state index in [2.05, 4.69) is 4.98 Å². The summed E-state index contributed by atoms with van der Waals surface area (Å²) in [6.45, 7) is 2.80. The third-order valence-electron chi connectivity index (χ3n) is 2.56. The summed E-state index contributed by atoms with van der Waals surface area (Å²) in [6.07, 6.45) is 0. The van der Waals surface area contributed by atoms with Gasteiger partial charge in [-0.15, -0.1) is 0 Å².